The van der Waals surface area contributed by atoms with E-state index in [1.165, 1.54) is 12.1 Å². The number of aromatic nitrogens is 4. The first kappa shape index (κ1) is 23.8. The van der Waals surface area contributed by atoms with E-state index in [4.69, 9.17) is 0 Å². The van der Waals surface area contributed by atoms with Crippen LogP contribution in [0.1, 0.15) is 48.1 Å². The van der Waals surface area contributed by atoms with Crippen molar-refractivity contribution in [1.29, 1.82) is 0 Å². The summed E-state index contributed by atoms with van der Waals surface area (Å²) in [7, 11) is 1.91. The fraction of sp³-hybridized carbons (Fsp3) is 0.241. The maximum Gasteiger partial charge on any atom is 0.253 e. The summed E-state index contributed by atoms with van der Waals surface area (Å²) >= 11 is 0. The van der Waals surface area contributed by atoms with Gasteiger partial charge in [-0.25, -0.2) is 8.91 Å². The van der Waals surface area contributed by atoms with Crippen LogP contribution in [0, 0.1) is 11.7 Å². The average molecular weight is 511 g/mol. The lowest BCUT2D eigenvalue weighted by Crippen LogP contribution is -2.28. The van der Waals surface area contributed by atoms with Crippen molar-refractivity contribution in [2.45, 2.75) is 32.2 Å². The Morgan fingerprint density at radius 2 is 1.84 bits per heavy atom. The lowest BCUT2D eigenvalue weighted by molar-refractivity contribution is -0.117. The molecule has 1 aliphatic carbocycles. The number of amides is 2. The number of nitrogens with zero attached hydrogens (tertiary/aromatic N) is 4. The Labute approximate surface area is 218 Å². The van der Waals surface area contributed by atoms with E-state index < -0.39 is 0 Å². The molecule has 0 unspecified atom stereocenters. The van der Waals surface area contributed by atoms with Crippen LogP contribution in [0.5, 0.6) is 0 Å². The molecule has 3 aromatic heterocycles. The first-order valence-corrected chi connectivity index (χ1v) is 12.7. The Morgan fingerprint density at radius 1 is 1.08 bits per heavy atom. The number of aryl methyl sites for hydroxylation is 1. The van der Waals surface area contributed by atoms with Crippen molar-refractivity contribution >= 4 is 34.3 Å². The number of anilines is 1. The Bertz CT molecular complexity index is 1680. The quantitative estimate of drug-likeness (QED) is 0.313. The van der Waals surface area contributed by atoms with Crippen LogP contribution in [0.2, 0.25) is 0 Å². The molecule has 1 saturated carbocycles. The van der Waals surface area contributed by atoms with Gasteiger partial charge in [0.2, 0.25) is 11.9 Å². The van der Waals surface area contributed by atoms with Crippen LogP contribution in [0.15, 0.2) is 67.0 Å². The predicted octanol–water partition coefficient (Wildman–Crippen LogP) is 5.26. The molecule has 1 atom stereocenters. The summed E-state index contributed by atoms with van der Waals surface area (Å²) < 4.78 is 17.0. The van der Waals surface area contributed by atoms with Gasteiger partial charge in [-0.15, -0.1) is 5.10 Å². The van der Waals surface area contributed by atoms with E-state index >= 15 is 0 Å². The van der Waals surface area contributed by atoms with E-state index in [0.29, 0.717) is 23.6 Å². The number of rotatable bonds is 7. The van der Waals surface area contributed by atoms with Crippen molar-refractivity contribution in [2.24, 2.45) is 13.0 Å². The van der Waals surface area contributed by atoms with Crippen molar-refractivity contribution in [1.82, 2.24) is 24.5 Å². The van der Waals surface area contributed by atoms with E-state index in [1.54, 1.807) is 16.6 Å². The Balaban J connectivity index is 1.30. The summed E-state index contributed by atoms with van der Waals surface area (Å²) in [6.45, 7) is 1.99. The number of halogens is 1. The van der Waals surface area contributed by atoms with Crippen molar-refractivity contribution in [3.05, 3.63) is 83.9 Å². The van der Waals surface area contributed by atoms with E-state index in [-0.39, 0.29) is 29.6 Å². The molecule has 5 aromatic rings. The zero-order chi connectivity index (χ0) is 26.4. The molecule has 1 aliphatic rings. The topological polar surface area (TPSA) is 93.3 Å². The van der Waals surface area contributed by atoms with Crippen molar-refractivity contribution in [2.75, 3.05) is 5.32 Å². The number of hydrogen-bond acceptors (Lipinski definition) is 4. The summed E-state index contributed by atoms with van der Waals surface area (Å²) in [5, 5.41) is 11.1. The highest BCUT2D eigenvalue weighted by Crippen LogP contribution is 2.31. The van der Waals surface area contributed by atoms with Crippen LogP contribution >= 0.6 is 0 Å². The van der Waals surface area contributed by atoms with Gasteiger partial charge in [-0.2, -0.15) is 4.98 Å². The molecule has 9 heteroatoms. The van der Waals surface area contributed by atoms with E-state index in [2.05, 4.69) is 20.7 Å². The fourth-order valence-corrected chi connectivity index (χ4v) is 4.78. The van der Waals surface area contributed by atoms with Crippen LogP contribution in [0.25, 0.3) is 27.7 Å². The zero-order valence-electron chi connectivity index (χ0n) is 21.1. The molecule has 3 heterocycles. The third-order valence-electron chi connectivity index (χ3n) is 7.07. The minimum atomic E-state index is -0.305. The van der Waals surface area contributed by atoms with Gasteiger partial charge in [0.1, 0.15) is 5.82 Å². The monoisotopic (exact) mass is 510 g/mol. The minimum Gasteiger partial charge on any atom is -0.350 e. The standard InChI is InChI=1S/C29H27FN6O2/c1-3-24(17-6-9-21(30)10-7-17)31-28(38)23-16-35(2)25-11-8-19(14-22(23)25)20-12-13-36-26(15-20)32-29(34-36)33-27(37)18-4-5-18/h6-16,18,24H,3-5H2,1-2H3,(H,31,38)(H,33,34,37)/t24-/m0/s1. The Kier molecular flexibility index (Phi) is 5.90. The van der Waals surface area contributed by atoms with Gasteiger partial charge in [0, 0.05) is 36.3 Å². The SMILES string of the molecule is CC[C@H](NC(=O)c1cn(C)c2ccc(-c3ccn4nc(NC(=O)C5CC5)nc4c3)cc12)c1ccc(F)cc1. The highest BCUT2D eigenvalue weighted by molar-refractivity contribution is 6.08. The van der Waals surface area contributed by atoms with Crippen LogP contribution < -0.4 is 10.6 Å². The average Bonchev–Trinajstić information content (AvgIpc) is 3.62. The van der Waals surface area contributed by atoms with Crippen LogP contribution in [-0.2, 0) is 11.8 Å². The molecule has 0 aliphatic heterocycles. The first-order chi connectivity index (χ1) is 18.4. The molecule has 6 rings (SSSR count). The van der Waals surface area contributed by atoms with Crippen molar-refractivity contribution in [3.8, 4) is 11.1 Å². The molecule has 0 spiro atoms. The number of carbonyl (C=O) groups is 2. The highest BCUT2D eigenvalue weighted by atomic mass is 19.1. The molecule has 0 bridgehead atoms. The molecule has 0 radical (unpaired) electrons. The number of benzene rings is 2. The van der Waals surface area contributed by atoms with Gasteiger partial charge in [0.15, 0.2) is 5.65 Å². The number of fused-ring (bicyclic) bond motifs is 2. The molecule has 38 heavy (non-hydrogen) atoms. The van der Waals surface area contributed by atoms with Crippen LogP contribution in [0.4, 0.5) is 10.3 Å². The number of hydrogen-bond donors (Lipinski definition) is 2. The second kappa shape index (κ2) is 9.41. The maximum absolute atomic E-state index is 13.4. The van der Waals surface area contributed by atoms with Crippen molar-refractivity contribution in [3.63, 3.8) is 0 Å². The van der Waals surface area contributed by atoms with Crippen LogP contribution in [-0.4, -0.2) is 31.0 Å². The first-order valence-electron chi connectivity index (χ1n) is 12.7. The van der Waals surface area contributed by atoms with E-state index in [1.807, 2.05) is 61.3 Å². The molecule has 192 valence electrons. The fourth-order valence-electron chi connectivity index (χ4n) is 4.78. The van der Waals surface area contributed by atoms with Crippen molar-refractivity contribution < 1.29 is 14.0 Å². The lowest BCUT2D eigenvalue weighted by atomic mass is 10.0. The Morgan fingerprint density at radius 3 is 2.58 bits per heavy atom. The zero-order valence-corrected chi connectivity index (χ0v) is 21.1. The van der Waals surface area contributed by atoms with Crippen LogP contribution in [0.3, 0.4) is 0 Å². The number of carbonyl (C=O) groups excluding carboxylic acids is 2. The Hall–Kier alpha value is -4.53. The highest BCUT2D eigenvalue weighted by Gasteiger charge is 2.30. The van der Waals surface area contributed by atoms with Gasteiger partial charge in [-0.1, -0.05) is 25.1 Å². The largest absolute Gasteiger partial charge is 0.350 e. The number of pyridine rings is 1. The van der Waals surface area contributed by atoms with Gasteiger partial charge in [0.05, 0.1) is 11.6 Å². The molecule has 2 aromatic carbocycles. The van der Waals surface area contributed by atoms with E-state index in [0.717, 1.165) is 40.4 Å². The summed E-state index contributed by atoms with van der Waals surface area (Å²) in [4.78, 5) is 29.9. The molecule has 0 saturated heterocycles. The summed E-state index contributed by atoms with van der Waals surface area (Å²) in [6.07, 6.45) is 6.14. The lowest BCUT2D eigenvalue weighted by Gasteiger charge is -2.17. The van der Waals surface area contributed by atoms with E-state index in [9.17, 15) is 14.0 Å². The molecule has 2 amide bonds. The van der Waals surface area contributed by atoms with Gasteiger partial charge in [-0.3, -0.25) is 14.9 Å². The normalized spacial score (nSPS) is 14.1. The second-order valence-corrected chi connectivity index (χ2v) is 9.79. The molecular weight excluding hydrogens is 483 g/mol. The summed E-state index contributed by atoms with van der Waals surface area (Å²) in [5.41, 5.74) is 4.82. The molecule has 8 nitrogen and oxygen atoms in total. The minimum absolute atomic E-state index is 0.0359. The van der Waals surface area contributed by atoms with Gasteiger partial charge < -0.3 is 9.88 Å². The second-order valence-electron chi connectivity index (χ2n) is 9.79. The third-order valence-corrected chi connectivity index (χ3v) is 7.07. The summed E-state index contributed by atoms with van der Waals surface area (Å²) in [5.74, 6) is -0.160. The van der Waals surface area contributed by atoms with Gasteiger partial charge >= 0.3 is 0 Å². The maximum atomic E-state index is 13.4. The predicted molar refractivity (Wildman–Crippen MR) is 143 cm³/mol. The smallest absolute Gasteiger partial charge is 0.253 e. The third kappa shape index (κ3) is 4.51. The molecule has 1 fully saturated rings. The molecular formula is C29H27FN6O2. The number of nitrogens with one attached hydrogen (secondary N) is 2. The summed E-state index contributed by atoms with van der Waals surface area (Å²) in [6, 6.07) is 15.8. The van der Waals surface area contributed by atoms with Gasteiger partial charge in [0.25, 0.3) is 5.91 Å². The van der Waals surface area contributed by atoms with Gasteiger partial charge in [-0.05, 0) is 72.4 Å². The molecule has 2 N–H and O–H groups in total.